The Kier molecular flexibility index (Phi) is 9.63. The zero-order valence-corrected chi connectivity index (χ0v) is 29.6. The molecule has 0 unspecified atom stereocenters. The summed E-state index contributed by atoms with van der Waals surface area (Å²) in [6, 6.07) is 7.11. The number of nitrogens with zero attached hydrogens (tertiary/aromatic N) is 2. The summed E-state index contributed by atoms with van der Waals surface area (Å²) in [5.74, 6) is 1.37. The van der Waals surface area contributed by atoms with Gasteiger partial charge in [0.15, 0.2) is 0 Å². The molecule has 6 rings (SSSR count). The van der Waals surface area contributed by atoms with Crippen LogP contribution in [0.5, 0.6) is 11.6 Å². The Labute approximate surface area is 281 Å². The van der Waals surface area contributed by atoms with Crippen molar-refractivity contribution >= 4 is 11.9 Å². The summed E-state index contributed by atoms with van der Waals surface area (Å²) in [6.45, 7) is 13.4. The number of rotatable bonds is 9. The predicted octanol–water partition coefficient (Wildman–Crippen LogP) is 7.29. The molecule has 256 valence electrons. The van der Waals surface area contributed by atoms with E-state index in [2.05, 4.69) is 64.2 Å². The Balaban J connectivity index is 1.49. The second-order valence-corrected chi connectivity index (χ2v) is 16.0. The first-order chi connectivity index (χ1) is 22.4. The van der Waals surface area contributed by atoms with Crippen molar-refractivity contribution in [2.45, 2.75) is 136 Å². The molecule has 0 spiro atoms. The highest BCUT2D eigenvalue weighted by Crippen LogP contribution is 2.53. The maximum Gasteiger partial charge on any atom is 0.329 e. The number of aromatic nitrogens is 1. The number of hydrogen-bond donors (Lipinski definition) is 1. The molecule has 3 fully saturated rings. The lowest BCUT2D eigenvalue weighted by Gasteiger charge is -2.37. The van der Waals surface area contributed by atoms with E-state index in [1.165, 1.54) is 24.8 Å². The Bertz CT molecular complexity index is 1450. The minimum Gasteiger partial charge on any atom is -0.487 e. The fourth-order valence-corrected chi connectivity index (χ4v) is 8.72. The molecule has 47 heavy (non-hydrogen) atoms. The number of ether oxygens (including phenoxy) is 3. The normalized spacial score (nSPS) is 26.0. The highest BCUT2D eigenvalue weighted by atomic mass is 16.5. The lowest BCUT2D eigenvalue weighted by Crippen LogP contribution is -2.50. The van der Waals surface area contributed by atoms with Crippen LogP contribution in [0.3, 0.4) is 0 Å². The summed E-state index contributed by atoms with van der Waals surface area (Å²) in [4.78, 5) is 35.7. The Morgan fingerprint density at radius 3 is 2.47 bits per heavy atom. The molecule has 8 nitrogen and oxygen atoms in total. The van der Waals surface area contributed by atoms with Crippen LogP contribution >= 0.6 is 0 Å². The minimum absolute atomic E-state index is 0.0624. The molecule has 0 radical (unpaired) electrons. The summed E-state index contributed by atoms with van der Waals surface area (Å²) in [6.07, 6.45) is 11.3. The summed E-state index contributed by atoms with van der Waals surface area (Å²) in [5.41, 5.74) is 3.64. The van der Waals surface area contributed by atoms with Crippen LogP contribution in [0.1, 0.15) is 127 Å². The first-order valence-electron chi connectivity index (χ1n) is 18.0. The number of likely N-dealkylation sites (tertiary alicyclic amines) is 1. The SMILES string of the molecule is CCOC(=O)[C@@H]1[C@@H](C(C)(C)C)[C@H](NCc2cc(C3CCC3)cnc2OC)[C@H](c2cccc3c2OC(C)(C)C3)N1C(=O)C1CCCCC1. The number of methoxy groups -OCH3 is 1. The van der Waals surface area contributed by atoms with Crippen LogP contribution in [0.25, 0.3) is 0 Å². The number of hydrogen-bond acceptors (Lipinski definition) is 7. The third kappa shape index (κ3) is 6.64. The molecule has 3 heterocycles. The molecule has 2 aliphatic carbocycles. The largest absolute Gasteiger partial charge is 0.487 e. The van der Waals surface area contributed by atoms with Gasteiger partial charge in [-0.05, 0) is 75.0 Å². The maximum absolute atomic E-state index is 14.9. The Morgan fingerprint density at radius 2 is 1.83 bits per heavy atom. The van der Waals surface area contributed by atoms with E-state index in [4.69, 9.17) is 19.2 Å². The zero-order chi connectivity index (χ0) is 33.5. The molecular weight excluding hydrogens is 590 g/mol. The molecule has 4 aliphatic rings. The van der Waals surface area contributed by atoms with E-state index in [1.807, 2.05) is 18.0 Å². The second kappa shape index (κ2) is 13.4. The lowest BCUT2D eigenvalue weighted by molar-refractivity contribution is -0.158. The number of para-hydroxylation sites is 1. The van der Waals surface area contributed by atoms with Crippen LogP contribution in [0.4, 0.5) is 0 Å². The third-order valence-electron chi connectivity index (χ3n) is 11.1. The molecule has 1 saturated heterocycles. The number of amides is 1. The quantitative estimate of drug-likeness (QED) is 0.287. The van der Waals surface area contributed by atoms with Gasteiger partial charge in [-0.15, -0.1) is 0 Å². The number of nitrogens with one attached hydrogen (secondary N) is 1. The monoisotopic (exact) mass is 645 g/mol. The fourth-order valence-electron chi connectivity index (χ4n) is 8.72. The molecule has 0 bridgehead atoms. The molecule has 1 aromatic carbocycles. The number of carbonyl (C=O) groups is 2. The predicted molar refractivity (Wildman–Crippen MR) is 182 cm³/mol. The van der Waals surface area contributed by atoms with Gasteiger partial charge in [0, 0.05) is 48.2 Å². The molecule has 2 aromatic rings. The number of pyridine rings is 1. The highest BCUT2D eigenvalue weighted by molar-refractivity contribution is 5.88. The van der Waals surface area contributed by atoms with Gasteiger partial charge < -0.3 is 24.4 Å². The Hall–Kier alpha value is -3.13. The lowest BCUT2D eigenvalue weighted by atomic mass is 9.72. The average Bonchev–Trinajstić information content (AvgIpc) is 3.53. The number of carbonyl (C=O) groups excluding carboxylic acids is 2. The second-order valence-electron chi connectivity index (χ2n) is 16.0. The third-order valence-corrected chi connectivity index (χ3v) is 11.1. The van der Waals surface area contributed by atoms with Gasteiger partial charge in [-0.2, -0.15) is 0 Å². The van der Waals surface area contributed by atoms with E-state index in [9.17, 15) is 9.59 Å². The number of esters is 1. The molecule has 1 N–H and O–H groups in total. The zero-order valence-electron chi connectivity index (χ0n) is 29.6. The van der Waals surface area contributed by atoms with Crippen LogP contribution in [-0.4, -0.2) is 53.2 Å². The van der Waals surface area contributed by atoms with Crippen molar-refractivity contribution in [2.24, 2.45) is 17.3 Å². The van der Waals surface area contributed by atoms with Gasteiger partial charge >= 0.3 is 5.97 Å². The van der Waals surface area contributed by atoms with Crippen molar-refractivity contribution in [1.29, 1.82) is 0 Å². The number of fused-ring (bicyclic) bond motifs is 1. The van der Waals surface area contributed by atoms with Crippen molar-refractivity contribution in [3.05, 3.63) is 52.7 Å². The number of benzene rings is 1. The summed E-state index contributed by atoms with van der Waals surface area (Å²) >= 11 is 0. The molecule has 2 aliphatic heterocycles. The van der Waals surface area contributed by atoms with Crippen LogP contribution < -0.4 is 14.8 Å². The maximum atomic E-state index is 14.9. The van der Waals surface area contributed by atoms with E-state index in [-0.39, 0.29) is 47.4 Å². The highest BCUT2D eigenvalue weighted by Gasteiger charge is 2.59. The van der Waals surface area contributed by atoms with Crippen LogP contribution in [0, 0.1) is 17.3 Å². The van der Waals surface area contributed by atoms with Crippen molar-refractivity contribution in [2.75, 3.05) is 13.7 Å². The van der Waals surface area contributed by atoms with Crippen molar-refractivity contribution in [3.8, 4) is 11.6 Å². The van der Waals surface area contributed by atoms with E-state index in [0.29, 0.717) is 18.3 Å². The van der Waals surface area contributed by atoms with Crippen LogP contribution in [-0.2, 0) is 27.3 Å². The first kappa shape index (κ1) is 33.8. The standard InChI is InChI=1S/C39H55N3O5/c1-8-46-37(44)33-30(38(2,3)4)31(40-23-28-20-27(24-16-12-17-24)22-41-35(28)45-7)32(42(33)36(43)25-14-10-9-11-15-25)29-19-13-18-26-21-39(5,6)47-34(26)29/h13,18-20,22,24-25,30-33,40H,8-12,14-17,21,23H2,1-7H3/t30-,31-,32-,33-/m0/s1. The minimum atomic E-state index is -0.738. The van der Waals surface area contributed by atoms with Gasteiger partial charge in [-0.25, -0.2) is 9.78 Å². The molecule has 1 amide bonds. The fraction of sp³-hybridized carbons (Fsp3) is 0.667. The smallest absolute Gasteiger partial charge is 0.329 e. The Morgan fingerprint density at radius 1 is 1.09 bits per heavy atom. The van der Waals surface area contributed by atoms with E-state index < -0.39 is 12.1 Å². The van der Waals surface area contributed by atoms with Gasteiger partial charge in [0.05, 0.1) is 19.8 Å². The summed E-state index contributed by atoms with van der Waals surface area (Å²) < 4.78 is 18.2. The molecule has 1 aromatic heterocycles. The molecular formula is C39H55N3O5. The van der Waals surface area contributed by atoms with Crippen LogP contribution in [0.15, 0.2) is 30.5 Å². The summed E-state index contributed by atoms with van der Waals surface area (Å²) in [7, 11) is 1.67. The van der Waals surface area contributed by atoms with Gasteiger partial charge in [-0.1, -0.05) is 64.7 Å². The van der Waals surface area contributed by atoms with E-state index >= 15 is 0 Å². The van der Waals surface area contributed by atoms with E-state index in [1.54, 1.807) is 7.11 Å². The summed E-state index contributed by atoms with van der Waals surface area (Å²) in [5, 5.41) is 3.93. The molecule has 2 saturated carbocycles. The molecule has 4 atom stereocenters. The van der Waals surface area contributed by atoms with Crippen molar-refractivity contribution < 1.29 is 23.8 Å². The van der Waals surface area contributed by atoms with Gasteiger partial charge in [0.2, 0.25) is 11.8 Å². The van der Waals surface area contributed by atoms with Crippen molar-refractivity contribution in [3.63, 3.8) is 0 Å². The molecule has 8 heteroatoms. The van der Waals surface area contributed by atoms with E-state index in [0.717, 1.165) is 61.0 Å². The average molecular weight is 646 g/mol. The van der Waals surface area contributed by atoms with Crippen molar-refractivity contribution in [1.82, 2.24) is 15.2 Å². The van der Waals surface area contributed by atoms with Gasteiger partial charge in [0.1, 0.15) is 17.4 Å². The topological polar surface area (TPSA) is 90.0 Å². The first-order valence-corrected chi connectivity index (χ1v) is 18.0. The van der Waals surface area contributed by atoms with Crippen LogP contribution in [0.2, 0.25) is 0 Å². The van der Waals surface area contributed by atoms with Gasteiger partial charge in [-0.3, -0.25) is 4.79 Å². The van der Waals surface area contributed by atoms with Gasteiger partial charge in [0.25, 0.3) is 0 Å².